The topological polar surface area (TPSA) is 172 Å². The first kappa shape index (κ1) is 38.6. The molecule has 1 heterocycles. The number of benzene rings is 3. The van der Waals surface area contributed by atoms with E-state index in [2.05, 4.69) is 25.9 Å². The van der Waals surface area contributed by atoms with Crippen molar-refractivity contribution in [1.29, 1.82) is 0 Å². The molecule has 0 spiro atoms. The van der Waals surface area contributed by atoms with Crippen LogP contribution in [0, 0.1) is 5.92 Å². The number of amides is 3. The van der Waals surface area contributed by atoms with Crippen molar-refractivity contribution in [2.24, 2.45) is 5.92 Å². The van der Waals surface area contributed by atoms with Crippen molar-refractivity contribution in [1.82, 2.24) is 25.9 Å². The SMILES string of the molecule is CCC(C)[C@H](NC(=O)[C@@H](Cc1c[nH]cn1)NC(=O)[C@H](Cc1cccc2ccccc12)NC(=O)OC(C)(C)C)[C@@H](O)CC(=O)OCc1ccccc1. The van der Waals surface area contributed by atoms with Crippen LogP contribution in [-0.4, -0.2) is 68.8 Å². The predicted octanol–water partition coefficient (Wildman–Crippen LogP) is 4.75. The standard InChI is InChI=1S/C39H49N5O7/c1-6-25(2)35(33(45)21-34(46)50-23-26-13-8-7-9-14-26)44-37(48)32(20-29-22-40-24-41-29)42-36(47)31(43-38(49)51-39(3,4)5)19-28-17-12-16-27-15-10-11-18-30(27)28/h7-18,22,24-25,31-33,35,45H,6,19-21,23H2,1-5H3,(H,40,41)(H,42,47)(H,43,49)(H,44,48)/t25?,31-,32+,33-,35-/m0/s1. The summed E-state index contributed by atoms with van der Waals surface area (Å²) in [5.74, 6) is -2.05. The number of aliphatic hydroxyl groups is 1. The molecule has 1 unspecified atom stereocenters. The Morgan fingerprint density at radius 3 is 2.22 bits per heavy atom. The number of ether oxygens (including phenoxy) is 2. The van der Waals surface area contributed by atoms with Gasteiger partial charge in [-0.05, 0) is 48.6 Å². The second kappa shape index (κ2) is 18.1. The molecule has 51 heavy (non-hydrogen) atoms. The van der Waals surface area contributed by atoms with Crippen LogP contribution in [0.25, 0.3) is 10.8 Å². The molecule has 5 N–H and O–H groups in total. The monoisotopic (exact) mass is 699 g/mol. The minimum absolute atomic E-state index is 0.0109. The van der Waals surface area contributed by atoms with E-state index in [-0.39, 0.29) is 31.8 Å². The predicted molar refractivity (Wildman–Crippen MR) is 193 cm³/mol. The Morgan fingerprint density at radius 1 is 0.863 bits per heavy atom. The maximum Gasteiger partial charge on any atom is 0.408 e. The summed E-state index contributed by atoms with van der Waals surface area (Å²) in [5.41, 5.74) is 1.32. The van der Waals surface area contributed by atoms with E-state index in [1.807, 2.05) is 86.6 Å². The summed E-state index contributed by atoms with van der Waals surface area (Å²) in [6.07, 6.45) is 1.40. The summed E-state index contributed by atoms with van der Waals surface area (Å²) in [5, 5.41) is 21.5. The molecule has 0 saturated heterocycles. The van der Waals surface area contributed by atoms with Crippen LogP contribution in [0.15, 0.2) is 85.3 Å². The van der Waals surface area contributed by atoms with Crippen LogP contribution in [0.2, 0.25) is 0 Å². The van der Waals surface area contributed by atoms with Crippen LogP contribution < -0.4 is 16.0 Å². The Morgan fingerprint density at radius 2 is 1.53 bits per heavy atom. The minimum Gasteiger partial charge on any atom is -0.461 e. The Labute approximate surface area is 298 Å². The molecule has 4 aromatic rings. The number of esters is 1. The van der Waals surface area contributed by atoms with Gasteiger partial charge in [-0.3, -0.25) is 14.4 Å². The number of nitrogens with zero attached hydrogens (tertiary/aromatic N) is 1. The molecule has 4 rings (SSSR count). The zero-order chi connectivity index (χ0) is 37.0. The second-order valence-corrected chi connectivity index (χ2v) is 13.7. The van der Waals surface area contributed by atoms with Crippen LogP contribution in [0.3, 0.4) is 0 Å². The maximum absolute atomic E-state index is 14.1. The van der Waals surface area contributed by atoms with Gasteiger partial charge in [0, 0.05) is 19.0 Å². The first-order valence-corrected chi connectivity index (χ1v) is 17.2. The summed E-state index contributed by atoms with van der Waals surface area (Å²) < 4.78 is 10.9. The summed E-state index contributed by atoms with van der Waals surface area (Å²) in [6, 6.07) is 19.5. The summed E-state index contributed by atoms with van der Waals surface area (Å²) in [6.45, 7) is 9.00. The molecule has 0 aliphatic rings. The third kappa shape index (κ3) is 12.0. The first-order valence-electron chi connectivity index (χ1n) is 17.2. The molecule has 0 fully saturated rings. The van der Waals surface area contributed by atoms with Gasteiger partial charge in [0.05, 0.1) is 30.6 Å². The van der Waals surface area contributed by atoms with Gasteiger partial charge >= 0.3 is 12.1 Å². The van der Waals surface area contributed by atoms with E-state index in [9.17, 15) is 24.3 Å². The number of rotatable bonds is 16. The van der Waals surface area contributed by atoms with Gasteiger partial charge < -0.3 is 35.5 Å². The third-order valence-corrected chi connectivity index (χ3v) is 8.51. The summed E-state index contributed by atoms with van der Waals surface area (Å²) >= 11 is 0. The number of H-pyrrole nitrogens is 1. The molecule has 0 saturated carbocycles. The number of aliphatic hydroxyl groups excluding tert-OH is 1. The van der Waals surface area contributed by atoms with Crippen molar-refractivity contribution in [3.05, 3.63) is 102 Å². The maximum atomic E-state index is 14.1. The number of nitrogens with one attached hydrogen (secondary N) is 4. The number of imidazole rings is 1. The summed E-state index contributed by atoms with van der Waals surface area (Å²) in [4.78, 5) is 60.8. The van der Waals surface area contributed by atoms with Gasteiger partial charge in [-0.25, -0.2) is 9.78 Å². The van der Waals surface area contributed by atoms with Crippen molar-refractivity contribution < 1.29 is 33.8 Å². The third-order valence-electron chi connectivity index (χ3n) is 8.51. The molecule has 272 valence electrons. The van der Waals surface area contributed by atoms with Crippen molar-refractivity contribution in [2.45, 2.75) is 96.7 Å². The Balaban J connectivity index is 1.54. The zero-order valence-electron chi connectivity index (χ0n) is 29.8. The molecule has 0 radical (unpaired) electrons. The zero-order valence-corrected chi connectivity index (χ0v) is 29.8. The Bertz CT molecular complexity index is 1730. The Kier molecular flexibility index (Phi) is 13.7. The number of aromatic amines is 1. The van der Waals surface area contributed by atoms with Crippen molar-refractivity contribution >= 4 is 34.6 Å². The molecular weight excluding hydrogens is 650 g/mol. The van der Waals surface area contributed by atoms with E-state index in [0.29, 0.717) is 12.1 Å². The molecule has 0 bridgehead atoms. The van der Waals surface area contributed by atoms with Crippen LogP contribution in [0.1, 0.15) is 64.3 Å². The highest BCUT2D eigenvalue weighted by Crippen LogP contribution is 2.21. The van der Waals surface area contributed by atoms with Crippen LogP contribution in [0.4, 0.5) is 4.79 Å². The number of alkyl carbamates (subject to hydrolysis) is 1. The van der Waals surface area contributed by atoms with E-state index in [1.165, 1.54) is 6.33 Å². The molecule has 5 atom stereocenters. The number of carbonyl (C=O) groups excluding carboxylic acids is 4. The van der Waals surface area contributed by atoms with Gasteiger partial charge in [0.2, 0.25) is 11.8 Å². The average molecular weight is 700 g/mol. The quantitative estimate of drug-likeness (QED) is 0.104. The van der Waals surface area contributed by atoms with Crippen LogP contribution in [0.5, 0.6) is 0 Å². The summed E-state index contributed by atoms with van der Waals surface area (Å²) in [7, 11) is 0. The fourth-order valence-corrected chi connectivity index (χ4v) is 5.67. The normalized spacial score (nSPS) is 14.4. The van der Waals surface area contributed by atoms with Gasteiger partial charge in [-0.15, -0.1) is 0 Å². The van der Waals surface area contributed by atoms with Crippen molar-refractivity contribution in [2.75, 3.05) is 0 Å². The molecule has 3 aromatic carbocycles. The fraction of sp³-hybridized carbons (Fsp3) is 0.410. The molecular formula is C39H49N5O7. The van der Waals surface area contributed by atoms with Crippen molar-refractivity contribution in [3.8, 4) is 0 Å². The van der Waals surface area contributed by atoms with Crippen LogP contribution >= 0.6 is 0 Å². The molecule has 1 aromatic heterocycles. The lowest BCUT2D eigenvalue weighted by molar-refractivity contribution is -0.148. The molecule has 12 nitrogen and oxygen atoms in total. The van der Waals surface area contributed by atoms with Crippen LogP contribution in [-0.2, 0) is 43.3 Å². The largest absolute Gasteiger partial charge is 0.461 e. The highest BCUT2D eigenvalue weighted by molar-refractivity contribution is 5.93. The Hall–Kier alpha value is -5.23. The van der Waals surface area contributed by atoms with E-state index < -0.39 is 53.7 Å². The highest BCUT2D eigenvalue weighted by atomic mass is 16.6. The second-order valence-electron chi connectivity index (χ2n) is 13.7. The lowest BCUT2D eigenvalue weighted by Gasteiger charge is -2.31. The minimum atomic E-state index is -1.26. The smallest absolute Gasteiger partial charge is 0.408 e. The van der Waals surface area contributed by atoms with Crippen molar-refractivity contribution in [3.63, 3.8) is 0 Å². The lowest BCUT2D eigenvalue weighted by Crippen LogP contribution is -2.58. The average Bonchev–Trinajstić information content (AvgIpc) is 3.61. The number of hydrogen-bond donors (Lipinski definition) is 5. The number of carbonyl (C=O) groups is 4. The number of fused-ring (bicyclic) bond motifs is 1. The first-order chi connectivity index (χ1) is 24.3. The van der Waals surface area contributed by atoms with Gasteiger partial charge in [0.1, 0.15) is 24.3 Å². The van der Waals surface area contributed by atoms with Gasteiger partial charge in [0.25, 0.3) is 0 Å². The molecule has 0 aliphatic heterocycles. The fourth-order valence-electron chi connectivity index (χ4n) is 5.67. The lowest BCUT2D eigenvalue weighted by atomic mass is 9.92. The number of aromatic nitrogens is 2. The highest BCUT2D eigenvalue weighted by Gasteiger charge is 2.34. The van der Waals surface area contributed by atoms with E-state index in [0.717, 1.165) is 21.9 Å². The van der Waals surface area contributed by atoms with E-state index in [1.54, 1.807) is 27.0 Å². The van der Waals surface area contributed by atoms with E-state index in [4.69, 9.17) is 9.47 Å². The van der Waals surface area contributed by atoms with Gasteiger partial charge in [0.15, 0.2) is 0 Å². The molecule has 12 heteroatoms. The molecule has 0 aliphatic carbocycles. The number of hydrogen-bond acceptors (Lipinski definition) is 8. The van der Waals surface area contributed by atoms with Gasteiger partial charge in [-0.1, -0.05) is 93.1 Å². The molecule has 3 amide bonds. The van der Waals surface area contributed by atoms with Gasteiger partial charge in [-0.2, -0.15) is 0 Å². The van der Waals surface area contributed by atoms with E-state index >= 15 is 0 Å².